The standard InChI is InChI=1S/C28H39Cl2N5O/c1-4-6-25-19-34(27-26(30)15-22(16-32-27)28(36)31-5-2)20(3)17-35(25)24-11-13-33(14-12-24)18-21-7-9-23(29)10-8-21/h7-10,15-16,20,24-25H,4-6,11-14,17-19H2,1-3H3,(H,31,36)/t20-,25+/m1/s1. The molecule has 36 heavy (non-hydrogen) atoms. The summed E-state index contributed by atoms with van der Waals surface area (Å²) < 4.78 is 0. The Balaban J connectivity index is 1.40. The molecule has 196 valence electrons. The van der Waals surface area contributed by atoms with E-state index in [9.17, 15) is 4.79 Å². The number of piperazine rings is 1. The van der Waals surface area contributed by atoms with E-state index in [1.807, 2.05) is 19.1 Å². The van der Waals surface area contributed by atoms with E-state index in [-0.39, 0.29) is 5.91 Å². The van der Waals surface area contributed by atoms with Crippen molar-refractivity contribution >= 4 is 34.9 Å². The number of pyridine rings is 1. The van der Waals surface area contributed by atoms with Crippen LogP contribution >= 0.6 is 23.2 Å². The van der Waals surface area contributed by atoms with Gasteiger partial charge in [0.2, 0.25) is 0 Å². The van der Waals surface area contributed by atoms with Crippen LogP contribution in [-0.2, 0) is 6.54 Å². The van der Waals surface area contributed by atoms with Crippen molar-refractivity contribution in [2.45, 2.75) is 71.1 Å². The van der Waals surface area contributed by atoms with Crippen molar-refractivity contribution in [1.29, 1.82) is 0 Å². The summed E-state index contributed by atoms with van der Waals surface area (Å²) in [5.41, 5.74) is 1.83. The van der Waals surface area contributed by atoms with Crippen molar-refractivity contribution in [2.75, 3.05) is 37.6 Å². The first-order chi connectivity index (χ1) is 17.4. The van der Waals surface area contributed by atoms with Crippen molar-refractivity contribution in [3.8, 4) is 0 Å². The van der Waals surface area contributed by atoms with E-state index in [0.29, 0.717) is 35.3 Å². The Morgan fingerprint density at radius 2 is 1.83 bits per heavy atom. The van der Waals surface area contributed by atoms with Crippen molar-refractivity contribution in [3.05, 3.63) is 57.7 Å². The van der Waals surface area contributed by atoms with Gasteiger partial charge in [0.15, 0.2) is 0 Å². The maximum atomic E-state index is 12.2. The molecular formula is C28H39Cl2N5O. The summed E-state index contributed by atoms with van der Waals surface area (Å²) in [4.78, 5) is 24.5. The zero-order valence-corrected chi connectivity index (χ0v) is 23.2. The summed E-state index contributed by atoms with van der Waals surface area (Å²) in [5.74, 6) is 0.651. The van der Waals surface area contributed by atoms with Gasteiger partial charge >= 0.3 is 0 Å². The lowest BCUT2D eigenvalue weighted by atomic mass is 9.95. The van der Waals surface area contributed by atoms with E-state index in [1.54, 1.807) is 12.3 Å². The second-order valence-corrected chi connectivity index (χ2v) is 11.0. The molecule has 3 heterocycles. The summed E-state index contributed by atoms with van der Waals surface area (Å²) >= 11 is 12.7. The third kappa shape index (κ3) is 6.52. The van der Waals surface area contributed by atoms with Crippen LogP contribution in [0, 0.1) is 0 Å². The summed E-state index contributed by atoms with van der Waals surface area (Å²) in [7, 11) is 0. The largest absolute Gasteiger partial charge is 0.352 e. The van der Waals surface area contributed by atoms with Crippen molar-refractivity contribution in [3.63, 3.8) is 0 Å². The molecule has 2 fully saturated rings. The number of hydrogen-bond acceptors (Lipinski definition) is 5. The fourth-order valence-corrected chi connectivity index (χ4v) is 6.08. The first-order valence-corrected chi connectivity index (χ1v) is 14.1. The van der Waals surface area contributed by atoms with Crippen molar-refractivity contribution in [1.82, 2.24) is 20.1 Å². The minimum atomic E-state index is -0.136. The lowest BCUT2D eigenvalue weighted by molar-refractivity contribution is 0.0485. The maximum Gasteiger partial charge on any atom is 0.252 e. The number of nitrogens with zero attached hydrogens (tertiary/aromatic N) is 4. The Hall–Kier alpha value is -1.86. The Morgan fingerprint density at radius 1 is 1.11 bits per heavy atom. The molecule has 6 nitrogen and oxygen atoms in total. The molecule has 1 aromatic carbocycles. The average molecular weight is 533 g/mol. The summed E-state index contributed by atoms with van der Waals surface area (Å²) in [6.45, 7) is 12.2. The van der Waals surface area contributed by atoms with Gasteiger partial charge in [0.05, 0.1) is 10.6 Å². The van der Waals surface area contributed by atoms with E-state index < -0.39 is 0 Å². The molecule has 2 aromatic rings. The molecule has 2 aliphatic rings. The third-order valence-corrected chi connectivity index (χ3v) is 8.07. The van der Waals surface area contributed by atoms with Gasteiger partial charge in [-0.2, -0.15) is 0 Å². The molecule has 1 N–H and O–H groups in total. The Bertz CT molecular complexity index is 1010. The van der Waals surface area contributed by atoms with Crippen LogP contribution in [0.1, 0.15) is 62.4 Å². The normalized spacial score (nSPS) is 22.1. The van der Waals surface area contributed by atoms with Crippen LogP contribution in [0.3, 0.4) is 0 Å². The molecule has 0 spiro atoms. The molecule has 4 rings (SSSR count). The van der Waals surface area contributed by atoms with Crippen molar-refractivity contribution < 1.29 is 4.79 Å². The zero-order valence-electron chi connectivity index (χ0n) is 21.7. The monoisotopic (exact) mass is 531 g/mol. The average Bonchev–Trinajstić information content (AvgIpc) is 2.87. The quantitative estimate of drug-likeness (QED) is 0.488. The molecule has 1 amide bonds. The Morgan fingerprint density at radius 3 is 2.47 bits per heavy atom. The SMILES string of the molecule is CCC[C@H]1CN(c2ncc(C(=O)NCC)cc2Cl)[C@H](C)CN1C1CCN(Cc2ccc(Cl)cc2)CC1. The number of carbonyl (C=O) groups is 1. The smallest absolute Gasteiger partial charge is 0.252 e. The predicted molar refractivity (Wildman–Crippen MR) is 149 cm³/mol. The number of likely N-dealkylation sites (tertiary alicyclic amines) is 1. The Labute approximate surface area is 225 Å². The number of carbonyl (C=O) groups excluding carboxylic acids is 1. The lowest BCUT2D eigenvalue weighted by Gasteiger charge is -2.50. The van der Waals surface area contributed by atoms with Gasteiger partial charge < -0.3 is 10.2 Å². The van der Waals surface area contributed by atoms with Gasteiger partial charge in [-0.05, 0) is 70.0 Å². The summed E-state index contributed by atoms with van der Waals surface area (Å²) in [6.07, 6.45) is 6.34. The number of benzene rings is 1. The van der Waals surface area contributed by atoms with E-state index in [0.717, 1.165) is 56.4 Å². The molecule has 2 aliphatic heterocycles. The molecule has 0 bridgehead atoms. The highest BCUT2D eigenvalue weighted by Gasteiger charge is 2.37. The van der Waals surface area contributed by atoms with Crippen LogP contribution in [0.2, 0.25) is 10.0 Å². The van der Waals surface area contributed by atoms with E-state index in [4.69, 9.17) is 23.2 Å². The van der Waals surface area contributed by atoms with Gasteiger partial charge in [-0.25, -0.2) is 4.98 Å². The Kier molecular flexibility index (Phi) is 9.51. The van der Waals surface area contributed by atoms with E-state index in [1.165, 1.54) is 18.4 Å². The van der Waals surface area contributed by atoms with Crippen LogP contribution in [0.4, 0.5) is 5.82 Å². The fourth-order valence-electron chi connectivity index (χ4n) is 5.68. The highest BCUT2D eigenvalue weighted by molar-refractivity contribution is 6.33. The molecule has 0 radical (unpaired) electrons. The second-order valence-electron chi connectivity index (χ2n) is 10.2. The fraction of sp³-hybridized carbons (Fsp3) is 0.571. The minimum absolute atomic E-state index is 0.136. The highest BCUT2D eigenvalue weighted by atomic mass is 35.5. The summed E-state index contributed by atoms with van der Waals surface area (Å²) in [5, 5.41) is 4.15. The van der Waals surface area contributed by atoms with Gasteiger partial charge in [-0.15, -0.1) is 0 Å². The molecule has 8 heteroatoms. The first kappa shape index (κ1) is 27.2. The number of rotatable bonds is 8. The van der Waals surface area contributed by atoms with Crippen LogP contribution in [0.5, 0.6) is 0 Å². The topological polar surface area (TPSA) is 51.7 Å². The third-order valence-electron chi connectivity index (χ3n) is 7.54. The maximum absolute atomic E-state index is 12.2. The lowest BCUT2D eigenvalue weighted by Crippen LogP contribution is -2.61. The number of aromatic nitrogens is 1. The van der Waals surface area contributed by atoms with Gasteiger partial charge in [-0.1, -0.05) is 48.7 Å². The number of amides is 1. The molecule has 1 aromatic heterocycles. The van der Waals surface area contributed by atoms with Gasteiger partial charge in [0.1, 0.15) is 5.82 Å². The first-order valence-electron chi connectivity index (χ1n) is 13.3. The summed E-state index contributed by atoms with van der Waals surface area (Å²) in [6, 6.07) is 11.4. The molecule has 0 saturated carbocycles. The molecule has 2 atom stereocenters. The minimum Gasteiger partial charge on any atom is -0.352 e. The van der Waals surface area contributed by atoms with E-state index in [2.05, 4.69) is 51.0 Å². The van der Waals surface area contributed by atoms with Gasteiger partial charge in [0.25, 0.3) is 5.91 Å². The van der Waals surface area contributed by atoms with Gasteiger partial charge in [0, 0.05) is 55.5 Å². The predicted octanol–water partition coefficient (Wildman–Crippen LogP) is 5.48. The van der Waals surface area contributed by atoms with E-state index >= 15 is 0 Å². The highest BCUT2D eigenvalue weighted by Crippen LogP contribution is 2.32. The zero-order chi connectivity index (χ0) is 25.7. The number of piperidine rings is 1. The molecule has 0 aliphatic carbocycles. The molecular weight excluding hydrogens is 493 g/mol. The van der Waals surface area contributed by atoms with Crippen LogP contribution in [0.15, 0.2) is 36.5 Å². The van der Waals surface area contributed by atoms with Gasteiger partial charge in [-0.3, -0.25) is 14.6 Å². The molecule has 2 saturated heterocycles. The second kappa shape index (κ2) is 12.6. The van der Waals surface area contributed by atoms with Crippen LogP contribution in [0.25, 0.3) is 0 Å². The molecule has 0 unspecified atom stereocenters. The number of halogens is 2. The van der Waals surface area contributed by atoms with Crippen LogP contribution < -0.4 is 10.2 Å². The number of anilines is 1. The van der Waals surface area contributed by atoms with Crippen molar-refractivity contribution in [2.24, 2.45) is 0 Å². The number of nitrogens with one attached hydrogen (secondary N) is 1. The van der Waals surface area contributed by atoms with Crippen LogP contribution in [-0.4, -0.2) is 71.5 Å². The number of hydrogen-bond donors (Lipinski definition) is 1.